The summed E-state index contributed by atoms with van der Waals surface area (Å²) in [4.78, 5) is 25.7. The monoisotopic (exact) mass is 479 g/mol. The quantitative estimate of drug-likeness (QED) is 0.279. The Balaban J connectivity index is 1.49. The second-order valence-corrected chi connectivity index (χ2v) is 8.09. The third-order valence-corrected chi connectivity index (χ3v) is 5.74. The maximum absolute atomic E-state index is 12.3. The largest absolute Gasteiger partial charge is 0.387 e. The highest BCUT2D eigenvalue weighted by molar-refractivity contribution is 5.84. The summed E-state index contributed by atoms with van der Waals surface area (Å²) in [7, 11) is 1.70. The van der Waals surface area contributed by atoms with Crippen LogP contribution in [-0.4, -0.2) is 82.5 Å². The van der Waals surface area contributed by atoms with Crippen LogP contribution in [0, 0.1) is 0 Å². The highest BCUT2D eigenvalue weighted by Gasteiger charge is 2.47. The van der Waals surface area contributed by atoms with Gasteiger partial charge in [-0.3, -0.25) is 9.36 Å². The van der Waals surface area contributed by atoms with E-state index < -0.39 is 30.4 Å². The van der Waals surface area contributed by atoms with Crippen LogP contribution in [0.4, 0.5) is 5.82 Å². The van der Waals surface area contributed by atoms with Crippen LogP contribution in [0.15, 0.2) is 42.9 Å². The van der Waals surface area contributed by atoms with E-state index in [2.05, 4.69) is 35.9 Å². The van der Waals surface area contributed by atoms with E-state index in [1.807, 2.05) is 30.3 Å². The minimum Gasteiger partial charge on any atom is -0.387 e. The van der Waals surface area contributed by atoms with E-state index in [4.69, 9.17) is 4.74 Å². The van der Waals surface area contributed by atoms with Crippen LogP contribution in [0.2, 0.25) is 0 Å². The maximum Gasteiger partial charge on any atom is 0.256 e. The van der Waals surface area contributed by atoms with Crippen molar-refractivity contribution in [1.29, 1.82) is 0 Å². The average molecular weight is 480 g/mol. The molecule has 0 spiro atoms. The smallest absolute Gasteiger partial charge is 0.256 e. The fourth-order valence-electron chi connectivity index (χ4n) is 4.03. The van der Waals surface area contributed by atoms with Crippen molar-refractivity contribution >= 4 is 22.9 Å². The van der Waals surface area contributed by atoms with Gasteiger partial charge in [0.05, 0.1) is 18.2 Å². The van der Waals surface area contributed by atoms with Gasteiger partial charge in [0.1, 0.15) is 12.2 Å². The number of anilines is 1. The normalized spacial score (nSPS) is 21.9. The number of aliphatic hydroxyl groups excluding tert-OH is 2. The Hall–Kier alpha value is -3.94. The molecule has 1 aliphatic heterocycles. The molecule has 1 aliphatic rings. The number of carbonyl (C=O) groups excluding carboxylic acids is 1. The van der Waals surface area contributed by atoms with E-state index in [9.17, 15) is 15.0 Å². The third kappa shape index (κ3) is 4.20. The summed E-state index contributed by atoms with van der Waals surface area (Å²) in [6.45, 7) is 2.12. The summed E-state index contributed by atoms with van der Waals surface area (Å²) in [5, 5.41) is 35.0. The summed E-state index contributed by atoms with van der Waals surface area (Å²) in [6, 6.07) is 9.89. The van der Waals surface area contributed by atoms with Crippen molar-refractivity contribution in [2.45, 2.75) is 37.9 Å². The molecule has 4 N–H and O–H groups in total. The van der Waals surface area contributed by atoms with Crippen LogP contribution in [0.3, 0.4) is 0 Å². The van der Waals surface area contributed by atoms with E-state index in [1.54, 1.807) is 20.2 Å². The summed E-state index contributed by atoms with van der Waals surface area (Å²) >= 11 is 0. The van der Waals surface area contributed by atoms with Crippen molar-refractivity contribution in [3.63, 3.8) is 0 Å². The molecule has 35 heavy (non-hydrogen) atoms. The van der Waals surface area contributed by atoms with E-state index >= 15 is 0 Å². The number of amides is 1. The first-order valence-electron chi connectivity index (χ1n) is 11.2. The van der Waals surface area contributed by atoms with Crippen molar-refractivity contribution < 1.29 is 19.7 Å². The molecule has 13 nitrogen and oxygen atoms in total. The van der Waals surface area contributed by atoms with Gasteiger partial charge in [-0.15, -0.1) is 5.10 Å². The van der Waals surface area contributed by atoms with Gasteiger partial charge in [-0.25, -0.2) is 4.98 Å². The van der Waals surface area contributed by atoms with Crippen LogP contribution < -0.4 is 10.6 Å². The molecular weight excluding hydrogens is 454 g/mol. The van der Waals surface area contributed by atoms with Gasteiger partial charge in [0.15, 0.2) is 29.3 Å². The Morgan fingerprint density at radius 1 is 1.17 bits per heavy atom. The van der Waals surface area contributed by atoms with Crippen LogP contribution in [0.1, 0.15) is 24.4 Å². The number of fused-ring (bicyclic) bond motifs is 1. The standard InChI is InChI=1S/C22H25N9O4/c1-3-24-20(34)17-15(32)16(33)21(35-17)30-11-25-14-18(23-2)26-22(27-19(14)30)31-10-13(28-29-31)9-12-7-5-4-6-8-12/h4-8,10-11,15-17,21,32-33H,3,9H2,1-2H3,(H,24,34)(H,23,26,27)/t15-,16+,17-,21+/m0/s1. The molecule has 0 aliphatic carbocycles. The molecule has 3 aromatic heterocycles. The van der Waals surface area contributed by atoms with E-state index in [0.717, 1.165) is 11.3 Å². The fraction of sp³-hybridized carbons (Fsp3) is 0.364. The van der Waals surface area contributed by atoms with E-state index in [-0.39, 0.29) is 5.95 Å². The molecular formula is C22H25N9O4. The van der Waals surface area contributed by atoms with Gasteiger partial charge in [-0.2, -0.15) is 14.6 Å². The molecule has 0 unspecified atom stereocenters. The van der Waals surface area contributed by atoms with Crippen LogP contribution >= 0.6 is 0 Å². The third-order valence-electron chi connectivity index (χ3n) is 5.74. The van der Waals surface area contributed by atoms with E-state index in [0.29, 0.717) is 29.9 Å². The van der Waals surface area contributed by atoms with Crippen molar-refractivity contribution in [3.8, 4) is 5.95 Å². The number of ether oxygens (including phenoxy) is 1. The van der Waals surface area contributed by atoms with Gasteiger partial charge in [-0.1, -0.05) is 35.5 Å². The molecule has 5 rings (SSSR count). The molecule has 4 heterocycles. The van der Waals surface area contributed by atoms with Crippen molar-refractivity contribution in [1.82, 2.24) is 39.8 Å². The molecule has 13 heteroatoms. The fourth-order valence-corrected chi connectivity index (χ4v) is 4.03. The van der Waals surface area contributed by atoms with Gasteiger partial charge >= 0.3 is 0 Å². The highest BCUT2D eigenvalue weighted by atomic mass is 16.6. The number of nitrogens with one attached hydrogen (secondary N) is 2. The number of carbonyl (C=O) groups is 1. The van der Waals surface area contributed by atoms with Crippen molar-refractivity contribution in [3.05, 3.63) is 54.1 Å². The Kier molecular flexibility index (Phi) is 6.11. The number of aliphatic hydroxyl groups is 2. The molecule has 1 amide bonds. The van der Waals surface area contributed by atoms with Gasteiger partial charge in [-0.05, 0) is 12.5 Å². The van der Waals surface area contributed by atoms with Crippen LogP contribution in [0.5, 0.6) is 0 Å². The Bertz CT molecular complexity index is 1340. The number of aromatic nitrogens is 7. The SMILES string of the molecule is CCNC(=O)[C@H]1O[C@@H](n2cnc3c(NC)nc(-n4cc(Cc5ccccc5)nn4)nc32)[C@H](O)[C@@H]1O. The summed E-state index contributed by atoms with van der Waals surface area (Å²) < 4.78 is 8.66. The Morgan fingerprint density at radius 3 is 2.71 bits per heavy atom. The number of imidazole rings is 1. The van der Waals surface area contributed by atoms with Gasteiger partial charge in [0, 0.05) is 20.0 Å². The number of hydrogen-bond donors (Lipinski definition) is 4. The lowest BCUT2D eigenvalue weighted by Crippen LogP contribution is -2.42. The molecule has 1 aromatic carbocycles. The summed E-state index contributed by atoms with van der Waals surface area (Å²) in [6.07, 6.45) is -1.34. The number of benzene rings is 1. The Labute approximate surface area is 199 Å². The minimum atomic E-state index is -1.41. The first kappa shape index (κ1) is 22.8. The Morgan fingerprint density at radius 2 is 1.97 bits per heavy atom. The van der Waals surface area contributed by atoms with Crippen molar-refractivity contribution in [2.24, 2.45) is 0 Å². The maximum atomic E-state index is 12.3. The average Bonchev–Trinajstić information content (AvgIpc) is 3.58. The number of rotatable bonds is 7. The summed E-state index contributed by atoms with van der Waals surface area (Å²) in [5.41, 5.74) is 2.58. The lowest BCUT2D eigenvalue weighted by atomic mass is 10.1. The summed E-state index contributed by atoms with van der Waals surface area (Å²) in [5.74, 6) is 0.145. The molecule has 0 radical (unpaired) electrons. The number of nitrogens with zero attached hydrogens (tertiary/aromatic N) is 7. The first-order valence-corrected chi connectivity index (χ1v) is 11.2. The van der Waals surface area contributed by atoms with Crippen molar-refractivity contribution in [2.75, 3.05) is 18.9 Å². The second-order valence-electron chi connectivity index (χ2n) is 8.09. The predicted molar refractivity (Wildman–Crippen MR) is 124 cm³/mol. The zero-order chi connectivity index (χ0) is 24.5. The lowest BCUT2D eigenvalue weighted by molar-refractivity contribution is -0.137. The molecule has 1 fully saturated rings. The topological polar surface area (TPSA) is 165 Å². The molecule has 0 saturated carbocycles. The zero-order valence-electron chi connectivity index (χ0n) is 19.1. The molecule has 4 atom stereocenters. The highest BCUT2D eigenvalue weighted by Crippen LogP contribution is 2.32. The molecule has 0 bridgehead atoms. The molecule has 4 aromatic rings. The van der Waals surface area contributed by atoms with E-state index in [1.165, 1.54) is 15.6 Å². The second kappa shape index (κ2) is 9.37. The van der Waals surface area contributed by atoms with Gasteiger partial charge in [0.25, 0.3) is 11.9 Å². The zero-order valence-corrected chi connectivity index (χ0v) is 19.1. The predicted octanol–water partition coefficient (Wildman–Crippen LogP) is -0.205. The minimum absolute atomic E-state index is 0.226. The van der Waals surface area contributed by atoms with Gasteiger partial charge in [0.2, 0.25) is 0 Å². The number of likely N-dealkylation sites (N-methyl/N-ethyl adjacent to an activating group) is 1. The first-order chi connectivity index (χ1) is 17.0. The lowest BCUT2D eigenvalue weighted by Gasteiger charge is -2.16. The molecule has 1 saturated heterocycles. The molecule has 182 valence electrons. The van der Waals surface area contributed by atoms with Gasteiger partial charge < -0.3 is 25.6 Å². The van der Waals surface area contributed by atoms with Crippen LogP contribution in [0.25, 0.3) is 17.1 Å². The number of hydrogen-bond acceptors (Lipinski definition) is 10. The van der Waals surface area contributed by atoms with Crippen LogP contribution in [-0.2, 0) is 16.0 Å².